The number of hydrogen-bond donors (Lipinski definition) is 1. The standard InChI is InChI=1S/C14H23N5/c1-11-15-13(18(2)3)17-14(16-11)19(4)10-9-12-7-5-6-8-12/h5,7-8,11H,6,9-10H2,1-4H3,(H,15,16,17). The highest BCUT2D eigenvalue weighted by molar-refractivity contribution is 5.99. The Balaban J connectivity index is 1.91. The first-order chi connectivity index (χ1) is 9.06. The van der Waals surface area contributed by atoms with E-state index in [2.05, 4.69) is 45.5 Å². The van der Waals surface area contributed by atoms with E-state index in [0.717, 1.165) is 31.3 Å². The van der Waals surface area contributed by atoms with Crippen LogP contribution < -0.4 is 5.32 Å². The predicted octanol–water partition coefficient (Wildman–Crippen LogP) is 1.42. The van der Waals surface area contributed by atoms with E-state index in [4.69, 9.17) is 0 Å². The Bertz CT molecular complexity index is 445. The summed E-state index contributed by atoms with van der Waals surface area (Å²) >= 11 is 0. The molecule has 19 heavy (non-hydrogen) atoms. The molecule has 1 aliphatic carbocycles. The minimum Gasteiger partial charge on any atom is -0.349 e. The summed E-state index contributed by atoms with van der Waals surface area (Å²) in [6, 6.07) is 0. The van der Waals surface area contributed by atoms with Crippen LogP contribution in [0.2, 0.25) is 0 Å². The smallest absolute Gasteiger partial charge is 0.202 e. The van der Waals surface area contributed by atoms with Crippen molar-refractivity contribution in [2.45, 2.75) is 25.9 Å². The molecule has 0 aromatic heterocycles. The molecule has 0 bridgehead atoms. The van der Waals surface area contributed by atoms with Crippen LogP contribution in [0.3, 0.4) is 0 Å². The number of rotatable bonds is 3. The van der Waals surface area contributed by atoms with Crippen LogP contribution in [0.4, 0.5) is 0 Å². The normalized spacial score (nSPS) is 21.5. The van der Waals surface area contributed by atoms with Crippen LogP contribution in [0.15, 0.2) is 33.8 Å². The number of nitrogens with zero attached hydrogens (tertiary/aromatic N) is 4. The van der Waals surface area contributed by atoms with E-state index in [9.17, 15) is 0 Å². The summed E-state index contributed by atoms with van der Waals surface area (Å²) < 4.78 is 0. The second-order valence-electron chi connectivity index (χ2n) is 5.15. The fraction of sp³-hybridized carbons (Fsp3) is 0.571. The fourth-order valence-electron chi connectivity index (χ4n) is 2.06. The fourth-order valence-corrected chi connectivity index (χ4v) is 2.06. The zero-order valence-electron chi connectivity index (χ0n) is 12.2. The second kappa shape index (κ2) is 5.91. The molecular weight excluding hydrogens is 238 g/mol. The van der Waals surface area contributed by atoms with Crippen molar-refractivity contribution in [3.63, 3.8) is 0 Å². The number of allylic oxidation sites excluding steroid dienone is 3. The van der Waals surface area contributed by atoms with E-state index in [1.54, 1.807) is 0 Å². The molecule has 1 unspecified atom stereocenters. The van der Waals surface area contributed by atoms with Crippen molar-refractivity contribution in [1.82, 2.24) is 15.1 Å². The Kier molecular flexibility index (Phi) is 4.24. The molecule has 1 aliphatic heterocycles. The lowest BCUT2D eigenvalue weighted by atomic mass is 10.2. The van der Waals surface area contributed by atoms with Crippen molar-refractivity contribution < 1.29 is 0 Å². The highest BCUT2D eigenvalue weighted by Crippen LogP contribution is 2.13. The first kappa shape index (κ1) is 13.6. The molecular formula is C14H23N5. The van der Waals surface area contributed by atoms with Gasteiger partial charge in [0.2, 0.25) is 11.9 Å². The molecule has 0 radical (unpaired) electrons. The molecule has 2 rings (SSSR count). The molecule has 0 aromatic carbocycles. The van der Waals surface area contributed by atoms with Crippen LogP contribution in [0.1, 0.15) is 19.8 Å². The molecule has 1 atom stereocenters. The average molecular weight is 261 g/mol. The van der Waals surface area contributed by atoms with E-state index in [0.29, 0.717) is 0 Å². The molecule has 0 saturated carbocycles. The molecule has 104 valence electrons. The molecule has 2 aliphatic rings. The molecule has 0 spiro atoms. The summed E-state index contributed by atoms with van der Waals surface area (Å²) in [7, 11) is 6.03. The van der Waals surface area contributed by atoms with Gasteiger partial charge in [0.05, 0.1) is 0 Å². The summed E-state index contributed by atoms with van der Waals surface area (Å²) in [6.07, 6.45) is 8.79. The maximum atomic E-state index is 4.54. The van der Waals surface area contributed by atoms with Gasteiger partial charge in [-0.1, -0.05) is 23.8 Å². The third kappa shape index (κ3) is 3.59. The summed E-state index contributed by atoms with van der Waals surface area (Å²) in [5, 5.41) is 3.27. The summed E-state index contributed by atoms with van der Waals surface area (Å²) in [5.74, 6) is 1.76. The van der Waals surface area contributed by atoms with E-state index < -0.39 is 0 Å². The third-order valence-corrected chi connectivity index (χ3v) is 3.21. The van der Waals surface area contributed by atoms with Crippen molar-refractivity contribution in [1.29, 1.82) is 0 Å². The minimum atomic E-state index is -0.0262. The van der Waals surface area contributed by atoms with Crippen LogP contribution in [0, 0.1) is 0 Å². The van der Waals surface area contributed by atoms with Gasteiger partial charge in [0.15, 0.2) is 0 Å². The van der Waals surface area contributed by atoms with Gasteiger partial charge in [-0.15, -0.1) is 0 Å². The first-order valence-corrected chi connectivity index (χ1v) is 6.73. The lowest BCUT2D eigenvalue weighted by Gasteiger charge is -2.29. The monoisotopic (exact) mass is 261 g/mol. The van der Waals surface area contributed by atoms with Gasteiger partial charge in [0.25, 0.3) is 0 Å². The number of hydrogen-bond acceptors (Lipinski definition) is 5. The molecule has 0 aromatic rings. The van der Waals surface area contributed by atoms with Gasteiger partial charge in [-0.3, -0.25) is 5.32 Å². The zero-order valence-corrected chi connectivity index (χ0v) is 12.2. The van der Waals surface area contributed by atoms with Gasteiger partial charge < -0.3 is 9.80 Å². The molecule has 0 fully saturated rings. The van der Waals surface area contributed by atoms with Crippen molar-refractivity contribution in [2.24, 2.45) is 9.98 Å². The summed E-state index contributed by atoms with van der Waals surface area (Å²) in [4.78, 5) is 13.1. The van der Waals surface area contributed by atoms with Crippen molar-refractivity contribution >= 4 is 11.9 Å². The molecule has 0 saturated heterocycles. The van der Waals surface area contributed by atoms with Crippen LogP contribution in [-0.2, 0) is 0 Å². The van der Waals surface area contributed by atoms with E-state index in [1.807, 2.05) is 25.9 Å². The SMILES string of the molecule is CC1N=C(N(C)C)NC(N(C)CCC2=CCC=C2)=N1. The Hall–Kier alpha value is -1.78. The van der Waals surface area contributed by atoms with Gasteiger partial charge in [0.1, 0.15) is 6.17 Å². The van der Waals surface area contributed by atoms with Crippen molar-refractivity contribution in [3.05, 3.63) is 23.8 Å². The highest BCUT2D eigenvalue weighted by Gasteiger charge is 2.17. The lowest BCUT2D eigenvalue weighted by molar-refractivity contribution is 0.477. The maximum absolute atomic E-state index is 4.54. The zero-order chi connectivity index (χ0) is 13.8. The largest absolute Gasteiger partial charge is 0.349 e. The first-order valence-electron chi connectivity index (χ1n) is 6.73. The van der Waals surface area contributed by atoms with Gasteiger partial charge in [-0.25, -0.2) is 9.98 Å². The average Bonchev–Trinajstić information content (AvgIpc) is 2.88. The topological polar surface area (TPSA) is 43.2 Å². The molecule has 0 amide bonds. The van der Waals surface area contributed by atoms with E-state index in [-0.39, 0.29) is 6.17 Å². The predicted molar refractivity (Wildman–Crippen MR) is 80.2 cm³/mol. The van der Waals surface area contributed by atoms with Gasteiger partial charge >= 0.3 is 0 Å². The van der Waals surface area contributed by atoms with E-state index in [1.165, 1.54) is 5.57 Å². The molecule has 5 heteroatoms. The number of aliphatic imine (C=N–C) groups is 2. The van der Waals surface area contributed by atoms with Crippen molar-refractivity contribution in [3.8, 4) is 0 Å². The van der Waals surface area contributed by atoms with E-state index >= 15 is 0 Å². The third-order valence-electron chi connectivity index (χ3n) is 3.21. The van der Waals surface area contributed by atoms with Gasteiger partial charge in [0, 0.05) is 27.7 Å². The van der Waals surface area contributed by atoms with Gasteiger partial charge in [-0.2, -0.15) is 0 Å². The molecule has 1 heterocycles. The summed E-state index contributed by atoms with van der Waals surface area (Å²) in [6.45, 7) is 2.95. The number of nitrogens with one attached hydrogen (secondary N) is 1. The minimum absolute atomic E-state index is 0.0262. The van der Waals surface area contributed by atoms with Crippen LogP contribution in [0.5, 0.6) is 0 Å². The quantitative estimate of drug-likeness (QED) is 0.835. The molecule has 5 nitrogen and oxygen atoms in total. The molecule has 1 N–H and O–H groups in total. The van der Waals surface area contributed by atoms with Crippen molar-refractivity contribution in [2.75, 3.05) is 27.7 Å². The Labute approximate surface area is 115 Å². The highest BCUT2D eigenvalue weighted by atomic mass is 15.4. The van der Waals surface area contributed by atoms with Crippen LogP contribution >= 0.6 is 0 Å². The maximum Gasteiger partial charge on any atom is 0.202 e. The van der Waals surface area contributed by atoms with Crippen LogP contribution in [-0.4, -0.2) is 55.6 Å². The van der Waals surface area contributed by atoms with Gasteiger partial charge in [-0.05, 0) is 19.8 Å². The Morgan fingerprint density at radius 1 is 1.26 bits per heavy atom. The van der Waals surface area contributed by atoms with Crippen LogP contribution in [0.25, 0.3) is 0 Å². The summed E-state index contributed by atoms with van der Waals surface area (Å²) in [5.41, 5.74) is 1.41. The number of guanidine groups is 2. The Morgan fingerprint density at radius 3 is 2.63 bits per heavy atom. The lowest BCUT2D eigenvalue weighted by Crippen LogP contribution is -2.50. The second-order valence-corrected chi connectivity index (χ2v) is 5.15. The Morgan fingerprint density at radius 2 is 2.00 bits per heavy atom.